The molecule has 1 saturated carbocycles. The van der Waals surface area contributed by atoms with Crippen LogP contribution in [0.25, 0.3) is 11.3 Å². The molecule has 0 spiro atoms. The summed E-state index contributed by atoms with van der Waals surface area (Å²) in [5.74, 6) is 0.877. The van der Waals surface area contributed by atoms with E-state index in [2.05, 4.69) is 16.8 Å². The normalized spacial score (nSPS) is 16.1. The Bertz CT molecular complexity index is 561. The highest BCUT2D eigenvalue weighted by Gasteiger charge is 2.15. The molecule has 1 N–H and O–H groups in total. The van der Waals surface area contributed by atoms with Gasteiger partial charge in [0.2, 0.25) is 0 Å². The molecule has 1 aliphatic carbocycles. The van der Waals surface area contributed by atoms with E-state index in [0.717, 1.165) is 22.1 Å². The van der Waals surface area contributed by atoms with Gasteiger partial charge in [-0.15, -0.1) is 11.3 Å². The molecule has 0 saturated heterocycles. The van der Waals surface area contributed by atoms with Gasteiger partial charge in [0.1, 0.15) is 5.75 Å². The van der Waals surface area contributed by atoms with Crippen molar-refractivity contribution in [1.82, 2.24) is 4.98 Å². The van der Waals surface area contributed by atoms with Gasteiger partial charge in [-0.2, -0.15) is 0 Å². The summed E-state index contributed by atoms with van der Waals surface area (Å²) in [5.41, 5.74) is 2.05. The molecule has 1 fully saturated rings. The van der Waals surface area contributed by atoms with Gasteiger partial charge >= 0.3 is 0 Å². The van der Waals surface area contributed by atoms with Crippen LogP contribution in [0.15, 0.2) is 29.6 Å². The largest absolute Gasteiger partial charge is 0.496 e. The van der Waals surface area contributed by atoms with E-state index >= 15 is 0 Å². The van der Waals surface area contributed by atoms with E-state index in [1.165, 1.54) is 32.1 Å². The van der Waals surface area contributed by atoms with Crippen LogP contribution < -0.4 is 10.1 Å². The van der Waals surface area contributed by atoms with Crippen LogP contribution in [-0.2, 0) is 0 Å². The first-order chi connectivity index (χ1) is 9.86. The minimum Gasteiger partial charge on any atom is -0.496 e. The Hall–Kier alpha value is -1.55. The first-order valence-electron chi connectivity index (χ1n) is 7.22. The Kier molecular flexibility index (Phi) is 4.21. The number of rotatable bonds is 4. The van der Waals surface area contributed by atoms with Crippen molar-refractivity contribution < 1.29 is 4.74 Å². The third-order valence-electron chi connectivity index (χ3n) is 3.82. The zero-order valence-electron chi connectivity index (χ0n) is 11.8. The Labute approximate surface area is 124 Å². The molecule has 4 heteroatoms. The van der Waals surface area contributed by atoms with Crippen LogP contribution >= 0.6 is 11.3 Å². The van der Waals surface area contributed by atoms with Crippen LogP contribution in [0.3, 0.4) is 0 Å². The fourth-order valence-corrected chi connectivity index (χ4v) is 3.53. The number of hydrogen-bond acceptors (Lipinski definition) is 4. The predicted molar refractivity (Wildman–Crippen MR) is 84.6 cm³/mol. The van der Waals surface area contributed by atoms with Crippen molar-refractivity contribution in [3.05, 3.63) is 29.6 Å². The highest BCUT2D eigenvalue weighted by Crippen LogP contribution is 2.32. The van der Waals surface area contributed by atoms with Crippen LogP contribution in [0.2, 0.25) is 0 Å². The molecule has 1 heterocycles. The Morgan fingerprint density at radius 1 is 1.20 bits per heavy atom. The van der Waals surface area contributed by atoms with E-state index in [1.54, 1.807) is 18.4 Å². The zero-order valence-corrected chi connectivity index (χ0v) is 12.6. The molecule has 0 radical (unpaired) electrons. The zero-order chi connectivity index (χ0) is 13.8. The van der Waals surface area contributed by atoms with Crippen molar-refractivity contribution in [2.24, 2.45) is 0 Å². The summed E-state index contributed by atoms with van der Waals surface area (Å²) < 4.78 is 5.40. The summed E-state index contributed by atoms with van der Waals surface area (Å²) in [4.78, 5) is 4.71. The summed E-state index contributed by atoms with van der Waals surface area (Å²) in [6.07, 6.45) is 6.58. The lowest BCUT2D eigenvalue weighted by atomic mass is 9.96. The van der Waals surface area contributed by atoms with Crippen LogP contribution in [-0.4, -0.2) is 18.1 Å². The molecule has 20 heavy (non-hydrogen) atoms. The van der Waals surface area contributed by atoms with Gasteiger partial charge in [0, 0.05) is 17.0 Å². The number of nitrogens with zero attached hydrogens (tertiary/aromatic N) is 1. The molecule has 0 amide bonds. The standard InChI is InChI=1S/C16H20N2OS/c1-19-15-10-6-5-9-13(15)14-11-20-16(18-14)17-12-7-3-2-4-8-12/h5-6,9-12H,2-4,7-8H2,1H3,(H,17,18). The summed E-state index contributed by atoms with van der Waals surface area (Å²) in [6, 6.07) is 8.63. The Balaban J connectivity index is 1.75. The summed E-state index contributed by atoms with van der Waals surface area (Å²) in [6.45, 7) is 0. The average molecular weight is 288 g/mol. The number of thiazole rings is 1. The van der Waals surface area contributed by atoms with Crippen molar-refractivity contribution in [2.75, 3.05) is 12.4 Å². The minimum absolute atomic E-state index is 0.598. The molecule has 0 aliphatic heterocycles. The maximum atomic E-state index is 5.40. The van der Waals surface area contributed by atoms with Crippen molar-refractivity contribution in [1.29, 1.82) is 0 Å². The Morgan fingerprint density at radius 3 is 2.80 bits per heavy atom. The lowest BCUT2D eigenvalue weighted by Gasteiger charge is -2.22. The SMILES string of the molecule is COc1ccccc1-c1csc(NC2CCCCC2)n1. The molecule has 2 aromatic rings. The van der Waals surface area contributed by atoms with Crippen molar-refractivity contribution in [3.63, 3.8) is 0 Å². The smallest absolute Gasteiger partial charge is 0.183 e. The van der Waals surface area contributed by atoms with Gasteiger partial charge in [0.25, 0.3) is 0 Å². The molecule has 3 nitrogen and oxygen atoms in total. The fourth-order valence-electron chi connectivity index (χ4n) is 2.74. The minimum atomic E-state index is 0.598. The number of methoxy groups -OCH3 is 1. The van der Waals surface area contributed by atoms with Crippen LogP contribution in [0, 0.1) is 0 Å². The summed E-state index contributed by atoms with van der Waals surface area (Å²) >= 11 is 1.68. The lowest BCUT2D eigenvalue weighted by molar-refractivity contribution is 0.416. The van der Waals surface area contributed by atoms with E-state index < -0.39 is 0 Å². The summed E-state index contributed by atoms with van der Waals surface area (Å²) in [7, 11) is 1.70. The Morgan fingerprint density at radius 2 is 2.00 bits per heavy atom. The number of para-hydroxylation sites is 1. The maximum Gasteiger partial charge on any atom is 0.183 e. The monoisotopic (exact) mass is 288 g/mol. The molecule has 0 bridgehead atoms. The summed E-state index contributed by atoms with van der Waals surface area (Å²) in [5, 5.41) is 6.70. The van der Waals surface area contributed by atoms with E-state index in [4.69, 9.17) is 9.72 Å². The average Bonchev–Trinajstić information content (AvgIpc) is 2.96. The van der Waals surface area contributed by atoms with Gasteiger partial charge in [-0.1, -0.05) is 31.4 Å². The highest BCUT2D eigenvalue weighted by molar-refractivity contribution is 7.14. The maximum absolute atomic E-state index is 5.40. The first-order valence-corrected chi connectivity index (χ1v) is 8.10. The third kappa shape index (κ3) is 2.96. The van der Waals surface area contributed by atoms with E-state index in [-0.39, 0.29) is 0 Å². The number of nitrogens with one attached hydrogen (secondary N) is 1. The molecular formula is C16H20N2OS. The van der Waals surface area contributed by atoms with E-state index in [9.17, 15) is 0 Å². The van der Waals surface area contributed by atoms with Gasteiger partial charge in [-0.3, -0.25) is 0 Å². The van der Waals surface area contributed by atoms with E-state index in [1.807, 2.05) is 18.2 Å². The van der Waals surface area contributed by atoms with Crippen molar-refractivity contribution in [3.8, 4) is 17.0 Å². The van der Waals surface area contributed by atoms with E-state index in [0.29, 0.717) is 6.04 Å². The fraction of sp³-hybridized carbons (Fsp3) is 0.438. The van der Waals surface area contributed by atoms with Crippen LogP contribution in [0.5, 0.6) is 5.75 Å². The third-order valence-corrected chi connectivity index (χ3v) is 4.59. The molecule has 0 unspecified atom stereocenters. The number of anilines is 1. The number of ether oxygens (including phenoxy) is 1. The quantitative estimate of drug-likeness (QED) is 0.895. The van der Waals surface area contributed by atoms with Gasteiger partial charge in [-0.25, -0.2) is 4.98 Å². The molecule has 106 valence electrons. The highest BCUT2D eigenvalue weighted by atomic mass is 32.1. The van der Waals surface area contributed by atoms with Crippen molar-refractivity contribution in [2.45, 2.75) is 38.1 Å². The number of hydrogen-bond donors (Lipinski definition) is 1. The lowest BCUT2D eigenvalue weighted by Crippen LogP contribution is -2.21. The predicted octanol–water partition coefficient (Wildman–Crippen LogP) is 4.56. The second-order valence-electron chi connectivity index (χ2n) is 5.22. The van der Waals surface area contributed by atoms with Gasteiger partial charge in [-0.05, 0) is 25.0 Å². The number of aromatic nitrogens is 1. The second-order valence-corrected chi connectivity index (χ2v) is 6.08. The number of benzene rings is 1. The topological polar surface area (TPSA) is 34.1 Å². The second kappa shape index (κ2) is 6.27. The molecule has 1 aromatic heterocycles. The first kappa shape index (κ1) is 13.4. The van der Waals surface area contributed by atoms with Gasteiger partial charge < -0.3 is 10.1 Å². The molecular weight excluding hydrogens is 268 g/mol. The molecule has 1 aromatic carbocycles. The van der Waals surface area contributed by atoms with Crippen molar-refractivity contribution >= 4 is 16.5 Å². The van der Waals surface area contributed by atoms with Crippen LogP contribution in [0.1, 0.15) is 32.1 Å². The van der Waals surface area contributed by atoms with Crippen LogP contribution in [0.4, 0.5) is 5.13 Å². The molecule has 3 rings (SSSR count). The molecule has 0 atom stereocenters. The van der Waals surface area contributed by atoms with Gasteiger partial charge in [0.15, 0.2) is 5.13 Å². The van der Waals surface area contributed by atoms with Gasteiger partial charge in [0.05, 0.1) is 12.8 Å². The molecule has 1 aliphatic rings.